The number of nitrogens with one attached hydrogen (secondary N) is 1. The van der Waals surface area contributed by atoms with Gasteiger partial charge >= 0.3 is 0 Å². The van der Waals surface area contributed by atoms with E-state index in [9.17, 15) is 4.39 Å². The van der Waals surface area contributed by atoms with E-state index < -0.39 is 0 Å². The lowest BCUT2D eigenvalue weighted by atomic mass is 9.94. The molecule has 2 rings (SSSR count). The zero-order valence-electron chi connectivity index (χ0n) is 13.2. The van der Waals surface area contributed by atoms with E-state index in [2.05, 4.69) is 10.2 Å². The molecule has 118 valence electrons. The maximum atomic E-state index is 14.3. The number of hydrogen-bond acceptors (Lipinski definition) is 3. The van der Waals surface area contributed by atoms with Gasteiger partial charge in [-0.3, -0.25) is 0 Å². The number of rotatable bonds is 7. The first kappa shape index (κ1) is 16.2. The van der Waals surface area contributed by atoms with E-state index in [0.717, 1.165) is 17.8 Å². The highest BCUT2D eigenvalue weighted by atomic mass is 19.1. The Bertz CT molecular complexity index is 433. The summed E-state index contributed by atoms with van der Waals surface area (Å²) in [6.07, 6.45) is 6.20. The fourth-order valence-electron chi connectivity index (χ4n) is 3.02. The summed E-state index contributed by atoms with van der Waals surface area (Å²) in [4.78, 5) is 2.12. The van der Waals surface area contributed by atoms with E-state index in [1.165, 1.54) is 32.1 Å². The van der Waals surface area contributed by atoms with Crippen LogP contribution >= 0.6 is 0 Å². The Hall–Kier alpha value is -1.13. The Kier molecular flexibility index (Phi) is 6.46. The van der Waals surface area contributed by atoms with Crippen molar-refractivity contribution in [2.75, 3.05) is 32.2 Å². The van der Waals surface area contributed by atoms with Crippen LogP contribution in [-0.2, 0) is 11.3 Å². The van der Waals surface area contributed by atoms with Crippen molar-refractivity contribution in [2.24, 2.45) is 0 Å². The summed E-state index contributed by atoms with van der Waals surface area (Å²) in [6.45, 7) is 2.13. The zero-order valence-corrected chi connectivity index (χ0v) is 13.2. The zero-order chi connectivity index (χ0) is 15.1. The highest BCUT2D eigenvalue weighted by Crippen LogP contribution is 2.28. The van der Waals surface area contributed by atoms with Crippen molar-refractivity contribution in [1.29, 1.82) is 0 Å². The van der Waals surface area contributed by atoms with Gasteiger partial charge in [0, 0.05) is 33.3 Å². The first-order valence-corrected chi connectivity index (χ1v) is 7.93. The van der Waals surface area contributed by atoms with Gasteiger partial charge in [-0.25, -0.2) is 4.39 Å². The van der Waals surface area contributed by atoms with Gasteiger partial charge in [0.05, 0.1) is 12.3 Å². The lowest BCUT2D eigenvalue weighted by molar-refractivity contribution is 0.199. The van der Waals surface area contributed by atoms with E-state index in [-0.39, 0.29) is 5.82 Å². The molecule has 0 unspecified atom stereocenters. The Labute approximate surface area is 127 Å². The molecule has 0 aromatic heterocycles. The van der Waals surface area contributed by atoms with Crippen molar-refractivity contribution >= 4 is 5.69 Å². The average Bonchev–Trinajstić information content (AvgIpc) is 2.52. The lowest BCUT2D eigenvalue weighted by Gasteiger charge is -2.33. The molecule has 0 atom stereocenters. The van der Waals surface area contributed by atoms with Gasteiger partial charge in [-0.1, -0.05) is 25.3 Å². The molecule has 1 aliphatic carbocycles. The molecule has 1 aromatic carbocycles. The van der Waals surface area contributed by atoms with Crippen LogP contribution in [0.2, 0.25) is 0 Å². The van der Waals surface area contributed by atoms with E-state index in [4.69, 9.17) is 4.74 Å². The number of hydrogen-bond donors (Lipinski definition) is 1. The highest BCUT2D eigenvalue weighted by molar-refractivity contribution is 5.49. The highest BCUT2D eigenvalue weighted by Gasteiger charge is 2.20. The predicted molar refractivity (Wildman–Crippen MR) is 85.3 cm³/mol. The van der Waals surface area contributed by atoms with Crippen LogP contribution in [0.5, 0.6) is 0 Å². The molecule has 1 fully saturated rings. The third kappa shape index (κ3) is 4.68. The Balaban J connectivity index is 1.94. The van der Waals surface area contributed by atoms with Crippen LogP contribution in [0.1, 0.15) is 37.7 Å². The number of nitrogens with zero attached hydrogens (tertiary/aromatic N) is 1. The van der Waals surface area contributed by atoms with Crippen LogP contribution < -0.4 is 10.2 Å². The van der Waals surface area contributed by atoms with Crippen LogP contribution in [0.25, 0.3) is 0 Å². The molecule has 1 aromatic rings. The number of benzene rings is 1. The fraction of sp³-hybridized carbons (Fsp3) is 0.647. The second-order valence-electron chi connectivity index (χ2n) is 5.86. The third-order valence-corrected chi connectivity index (χ3v) is 4.33. The minimum atomic E-state index is -0.117. The molecular weight excluding hydrogens is 267 g/mol. The van der Waals surface area contributed by atoms with E-state index in [1.807, 2.05) is 19.2 Å². The maximum Gasteiger partial charge on any atom is 0.146 e. The Morgan fingerprint density at radius 1 is 1.29 bits per heavy atom. The van der Waals surface area contributed by atoms with Gasteiger partial charge in [-0.05, 0) is 30.5 Å². The minimum Gasteiger partial charge on any atom is -0.383 e. The predicted octanol–water partition coefficient (Wildman–Crippen LogP) is 3.33. The third-order valence-electron chi connectivity index (χ3n) is 4.33. The molecule has 0 heterocycles. The molecule has 0 spiro atoms. The second-order valence-corrected chi connectivity index (χ2v) is 5.86. The Morgan fingerprint density at radius 2 is 2.05 bits per heavy atom. The summed E-state index contributed by atoms with van der Waals surface area (Å²) in [5, 5.41) is 3.24. The standard InChI is InChI=1S/C17H27FN2O/c1-20(15-6-4-3-5-7-15)17-9-8-14(12-16(17)18)13-19-10-11-21-2/h8-9,12,15,19H,3-7,10-11,13H2,1-2H3. The van der Waals surface area contributed by atoms with E-state index in [0.29, 0.717) is 19.2 Å². The van der Waals surface area contributed by atoms with Gasteiger partial charge in [-0.15, -0.1) is 0 Å². The summed E-state index contributed by atoms with van der Waals surface area (Å²) in [6, 6.07) is 6.06. The minimum absolute atomic E-state index is 0.117. The SMILES string of the molecule is COCCNCc1ccc(N(C)C2CCCCC2)c(F)c1. The van der Waals surface area contributed by atoms with Gasteiger partial charge in [0.2, 0.25) is 0 Å². The molecule has 21 heavy (non-hydrogen) atoms. The van der Waals surface area contributed by atoms with Crippen LogP contribution in [0.3, 0.4) is 0 Å². The summed E-state index contributed by atoms with van der Waals surface area (Å²) in [7, 11) is 3.70. The normalized spacial score (nSPS) is 16.1. The van der Waals surface area contributed by atoms with Gasteiger partial charge in [-0.2, -0.15) is 0 Å². The van der Waals surface area contributed by atoms with Crippen LogP contribution in [0.4, 0.5) is 10.1 Å². The van der Waals surface area contributed by atoms with Crippen LogP contribution in [0, 0.1) is 5.82 Å². The monoisotopic (exact) mass is 294 g/mol. The molecule has 1 N–H and O–H groups in total. The molecule has 4 heteroatoms. The van der Waals surface area contributed by atoms with Crippen molar-refractivity contribution in [2.45, 2.75) is 44.7 Å². The quantitative estimate of drug-likeness (QED) is 0.781. The first-order chi connectivity index (χ1) is 10.2. The van der Waals surface area contributed by atoms with Crippen LogP contribution in [-0.4, -0.2) is 33.4 Å². The topological polar surface area (TPSA) is 24.5 Å². The molecular formula is C17H27FN2O. The van der Waals surface area contributed by atoms with Gasteiger partial charge < -0.3 is 15.0 Å². The molecule has 1 aliphatic rings. The van der Waals surface area contributed by atoms with Crippen molar-refractivity contribution in [3.63, 3.8) is 0 Å². The van der Waals surface area contributed by atoms with Crippen molar-refractivity contribution < 1.29 is 9.13 Å². The van der Waals surface area contributed by atoms with Crippen LogP contribution in [0.15, 0.2) is 18.2 Å². The summed E-state index contributed by atoms with van der Waals surface area (Å²) in [5.74, 6) is -0.117. The molecule has 0 bridgehead atoms. The molecule has 0 saturated heterocycles. The number of ether oxygens (including phenoxy) is 1. The van der Waals surface area contributed by atoms with E-state index >= 15 is 0 Å². The molecule has 0 aliphatic heterocycles. The number of methoxy groups -OCH3 is 1. The largest absolute Gasteiger partial charge is 0.383 e. The second kappa shape index (κ2) is 8.35. The first-order valence-electron chi connectivity index (χ1n) is 7.93. The molecule has 1 saturated carbocycles. The maximum absolute atomic E-state index is 14.3. The molecule has 0 radical (unpaired) electrons. The summed E-state index contributed by atoms with van der Waals surface area (Å²) >= 11 is 0. The summed E-state index contributed by atoms with van der Waals surface area (Å²) in [5.41, 5.74) is 1.70. The smallest absolute Gasteiger partial charge is 0.146 e. The van der Waals surface area contributed by atoms with E-state index in [1.54, 1.807) is 13.2 Å². The Morgan fingerprint density at radius 3 is 2.71 bits per heavy atom. The lowest BCUT2D eigenvalue weighted by Crippen LogP contribution is -2.33. The van der Waals surface area contributed by atoms with Gasteiger partial charge in [0.15, 0.2) is 0 Å². The van der Waals surface area contributed by atoms with Gasteiger partial charge in [0.25, 0.3) is 0 Å². The molecule has 0 amide bonds. The average molecular weight is 294 g/mol. The van der Waals surface area contributed by atoms with Crippen molar-refractivity contribution in [3.05, 3.63) is 29.6 Å². The summed E-state index contributed by atoms with van der Waals surface area (Å²) < 4.78 is 19.3. The van der Waals surface area contributed by atoms with Crippen molar-refractivity contribution in [3.8, 4) is 0 Å². The molecule has 3 nitrogen and oxygen atoms in total. The van der Waals surface area contributed by atoms with Gasteiger partial charge in [0.1, 0.15) is 5.82 Å². The number of anilines is 1. The van der Waals surface area contributed by atoms with Crippen molar-refractivity contribution in [1.82, 2.24) is 5.32 Å². The number of halogens is 1. The fourth-order valence-corrected chi connectivity index (χ4v) is 3.02.